The minimum absolute atomic E-state index is 0.156. The summed E-state index contributed by atoms with van der Waals surface area (Å²) >= 11 is 6.06. The molecule has 3 aromatic rings. The van der Waals surface area contributed by atoms with Gasteiger partial charge in [0.05, 0.1) is 5.69 Å². The Morgan fingerprint density at radius 3 is 2.53 bits per heavy atom. The lowest BCUT2D eigenvalue weighted by Crippen LogP contribution is -2.22. The van der Waals surface area contributed by atoms with Crippen molar-refractivity contribution in [2.24, 2.45) is 0 Å². The molecule has 8 heteroatoms. The van der Waals surface area contributed by atoms with E-state index in [1.807, 2.05) is 0 Å². The molecule has 4 rings (SSSR count). The van der Waals surface area contributed by atoms with Gasteiger partial charge in [-0.2, -0.15) is 5.10 Å². The summed E-state index contributed by atoms with van der Waals surface area (Å²) in [6, 6.07) is 14.6. The largest absolute Gasteiger partial charge is 0.324 e. The van der Waals surface area contributed by atoms with E-state index in [0.717, 1.165) is 12.8 Å². The number of rotatable bonds is 7. The van der Waals surface area contributed by atoms with E-state index in [4.69, 9.17) is 11.6 Å². The van der Waals surface area contributed by atoms with Crippen LogP contribution in [0.5, 0.6) is 0 Å². The predicted molar refractivity (Wildman–Crippen MR) is 109 cm³/mol. The van der Waals surface area contributed by atoms with Gasteiger partial charge in [-0.3, -0.25) is 14.3 Å². The first kappa shape index (κ1) is 20.2. The zero-order valence-electron chi connectivity index (χ0n) is 15.8. The number of amides is 1. The van der Waals surface area contributed by atoms with Crippen LogP contribution in [0, 0.1) is 0 Å². The Balaban J connectivity index is 1.56. The fourth-order valence-electron chi connectivity index (χ4n) is 3.28. The molecule has 1 N–H and O–H groups in total. The van der Waals surface area contributed by atoms with Crippen LogP contribution in [-0.4, -0.2) is 21.5 Å². The second kappa shape index (κ2) is 8.36. The average Bonchev–Trinajstić information content (AvgIpc) is 3.49. The molecule has 30 heavy (non-hydrogen) atoms. The molecule has 1 aliphatic rings. The minimum Gasteiger partial charge on any atom is -0.324 e. The van der Waals surface area contributed by atoms with Gasteiger partial charge < -0.3 is 5.32 Å². The van der Waals surface area contributed by atoms with Crippen LogP contribution in [0.2, 0.25) is 5.02 Å². The van der Waals surface area contributed by atoms with Gasteiger partial charge in [0.1, 0.15) is 12.2 Å². The van der Waals surface area contributed by atoms with Crippen molar-refractivity contribution in [3.05, 3.63) is 82.1 Å². The summed E-state index contributed by atoms with van der Waals surface area (Å²) in [5.41, 5.74) is 1.30. The van der Waals surface area contributed by atoms with Crippen LogP contribution >= 0.6 is 11.6 Å². The van der Waals surface area contributed by atoms with Crippen LogP contribution in [0.25, 0.3) is 0 Å². The van der Waals surface area contributed by atoms with Crippen molar-refractivity contribution < 1.29 is 18.4 Å². The molecule has 1 fully saturated rings. The third-order valence-electron chi connectivity index (χ3n) is 4.88. The Morgan fingerprint density at radius 2 is 1.87 bits per heavy atom. The summed E-state index contributed by atoms with van der Waals surface area (Å²) in [4.78, 5) is 25.5. The Labute approximate surface area is 176 Å². The Hall–Kier alpha value is -3.06. The van der Waals surface area contributed by atoms with Gasteiger partial charge in [0.2, 0.25) is 5.91 Å². The molecule has 5 nitrogen and oxygen atoms in total. The van der Waals surface area contributed by atoms with Crippen molar-refractivity contribution in [2.75, 3.05) is 5.32 Å². The van der Waals surface area contributed by atoms with E-state index in [9.17, 15) is 18.4 Å². The number of anilines is 1. The zero-order chi connectivity index (χ0) is 21.3. The second-order valence-corrected chi connectivity index (χ2v) is 7.60. The molecule has 0 unspecified atom stereocenters. The molecule has 154 valence electrons. The summed E-state index contributed by atoms with van der Waals surface area (Å²) < 4.78 is 27.4. The van der Waals surface area contributed by atoms with Crippen molar-refractivity contribution in [2.45, 2.75) is 31.7 Å². The molecule has 0 saturated heterocycles. The van der Waals surface area contributed by atoms with Crippen LogP contribution in [0.4, 0.5) is 14.5 Å². The van der Waals surface area contributed by atoms with Gasteiger partial charge in [-0.1, -0.05) is 41.9 Å². The lowest BCUT2D eigenvalue weighted by Gasteiger charge is -2.12. The normalized spacial score (nSPS) is 13.5. The Bertz CT molecular complexity index is 1100. The molecular formula is C22H18ClF2N3O2. The number of hydrogen-bond donors (Lipinski definition) is 1. The minimum atomic E-state index is -2.70. The number of nitrogens with one attached hydrogen (secondary N) is 1. The number of halogens is 3. The number of carbonyl (C=O) groups excluding carboxylic acids is 2. The van der Waals surface area contributed by atoms with E-state index in [-0.39, 0.29) is 29.5 Å². The monoisotopic (exact) mass is 429 g/mol. The number of hydrogen-bond acceptors (Lipinski definition) is 3. The summed E-state index contributed by atoms with van der Waals surface area (Å²) in [5.74, 6) is -0.597. The average molecular weight is 430 g/mol. The van der Waals surface area contributed by atoms with E-state index in [1.54, 1.807) is 42.5 Å². The highest BCUT2D eigenvalue weighted by Gasteiger charge is 2.30. The van der Waals surface area contributed by atoms with Crippen molar-refractivity contribution in [1.82, 2.24) is 9.78 Å². The molecule has 0 radical (unpaired) electrons. The Kier molecular flexibility index (Phi) is 5.63. The van der Waals surface area contributed by atoms with Gasteiger partial charge >= 0.3 is 0 Å². The summed E-state index contributed by atoms with van der Waals surface area (Å²) in [5, 5.41) is 6.94. The molecule has 1 aromatic heterocycles. The van der Waals surface area contributed by atoms with Crippen LogP contribution in [0.3, 0.4) is 0 Å². The van der Waals surface area contributed by atoms with Crippen molar-refractivity contribution >= 4 is 29.0 Å². The Morgan fingerprint density at radius 1 is 1.13 bits per heavy atom. The van der Waals surface area contributed by atoms with Crippen LogP contribution in [0.1, 0.15) is 52.5 Å². The molecule has 1 amide bonds. The number of nitrogens with zero attached hydrogens (tertiary/aromatic N) is 2. The molecular weight excluding hydrogens is 412 g/mol. The van der Waals surface area contributed by atoms with Crippen LogP contribution < -0.4 is 5.32 Å². The van der Waals surface area contributed by atoms with Gasteiger partial charge in [0.25, 0.3) is 6.43 Å². The molecule has 0 atom stereocenters. The first-order valence-corrected chi connectivity index (χ1v) is 9.85. The SMILES string of the molecule is O=C(Cn1nc(C(F)F)cc1C1CC1)Nc1ccc(Cl)cc1C(=O)c1ccccc1. The number of ketones is 1. The van der Waals surface area contributed by atoms with Crippen molar-refractivity contribution in [3.63, 3.8) is 0 Å². The van der Waals surface area contributed by atoms with E-state index < -0.39 is 12.3 Å². The highest BCUT2D eigenvalue weighted by atomic mass is 35.5. The maximum Gasteiger partial charge on any atom is 0.282 e. The maximum absolute atomic E-state index is 13.0. The first-order chi connectivity index (χ1) is 14.4. The number of carbonyl (C=O) groups is 2. The fraction of sp³-hybridized carbons (Fsp3) is 0.227. The third-order valence-corrected chi connectivity index (χ3v) is 5.11. The van der Waals surface area contributed by atoms with Gasteiger partial charge in [-0.25, -0.2) is 8.78 Å². The standard InChI is InChI=1S/C22H18ClF2N3O2/c23-15-8-9-17(16(10-15)21(30)14-4-2-1-3-5-14)26-20(29)12-28-19(13-6-7-13)11-18(27-28)22(24)25/h1-5,8-11,13,22H,6-7,12H2,(H,26,29). The number of alkyl halides is 2. The van der Waals surface area contributed by atoms with Crippen molar-refractivity contribution in [3.8, 4) is 0 Å². The van der Waals surface area contributed by atoms with Gasteiger partial charge in [-0.05, 0) is 37.1 Å². The van der Waals surface area contributed by atoms with Crippen LogP contribution in [-0.2, 0) is 11.3 Å². The summed E-state index contributed by atoms with van der Waals surface area (Å²) in [6.07, 6.45) is -0.913. The van der Waals surface area contributed by atoms with Gasteiger partial charge in [-0.15, -0.1) is 0 Å². The van der Waals surface area contributed by atoms with E-state index in [1.165, 1.54) is 16.8 Å². The first-order valence-electron chi connectivity index (χ1n) is 9.47. The summed E-state index contributed by atoms with van der Waals surface area (Å²) in [6.45, 7) is -0.222. The molecule has 0 spiro atoms. The molecule has 1 aliphatic carbocycles. The van der Waals surface area contributed by atoms with Crippen LogP contribution in [0.15, 0.2) is 54.6 Å². The zero-order valence-corrected chi connectivity index (χ0v) is 16.6. The highest BCUT2D eigenvalue weighted by molar-refractivity contribution is 6.31. The number of aromatic nitrogens is 2. The smallest absolute Gasteiger partial charge is 0.282 e. The summed E-state index contributed by atoms with van der Waals surface area (Å²) in [7, 11) is 0. The number of benzene rings is 2. The lowest BCUT2D eigenvalue weighted by atomic mass is 10.0. The fourth-order valence-corrected chi connectivity index (χ4v) is 3.45. The van der Waals surface area contributed by atoms with Gasteiger partial charge in [0, 0.05) is 27.8 Å². The molecule has 2 aromatic carbocycles. The highest BCUT2D eigenvalue weighted by Crippen LogP contribution is 2.41. The molecule has 1 saturated carbocycles. The second-order valence-electron chi connectivity index (χ2n) is 7.16. The lowest BCUT2D eigenvalue weighted by molar-refractivity contribution is -0.117. The quantitative estimate of drug-likeness (QED) is 0.523. The third kappa shape index (κ3) is 4.41. The predicted octanol–water partition coefficient (Wildman–Crippen LogP) is 5.22. The molecule has 0 aliphatic heterocycles. The van der Waals surface area contributed by atoms with Gasteiger partial charge in [0.15, 0.2) is 5.78 Å². The topological polar surface area (TPSA) is 64.0 Å². The molecule has 0 bridgehead atoms. The van der Waals surface area contributed by atoms with E-state index in [2.05, 4.69) is 10.4 Å². The molecule has 1 heterocycles. The maximum atomic E-state index is 13.0. The van der Waals surface area contributed by atoms with E-state index in [0.29, 0.717) is 22.0 Å². The van der Waals surface area contributed by atoms with Crippen molar-refractivity contribution in [1.29, 1.82) is 0 Å². The van der Waals surface area contributed by atoms with E-state index >= 15 is 0 Å².